The maximum atomic E-state index is 5.48. The van der Waals surface area contributed by atoms with E-state index < -0.39 is 0 Å². The van der Waals surface area contributed by atoms with Crippen LogP contribution in [0.5, 0.6) is 0 Å². The van der Waals surface area contributed by atoms with Gasteiger partial charge in [-0.2, -0.15) is 0 Å². The molecule has 0 spiro atoms. The summed E-state index contributed by atoms with van der Waals surface area (Å²) in [5.74, 6) is 0.604. The molecule has 0 unspecified atom stereocenters. The first-order valence-corrected chi connectivity index (χ1v) is 4.22. The van der Waals surface area contributed by atoms with Crippen LogP contribution in [0.4, 0.5) is 0 Å². The van der Waals surface area contributed by atoms with Gasteiger partial charge in [-0.1, -0.05) is 42.5 Å². The highest BCUT2D eigenvalue weighted by Crippen LogP contribution is 1.99. The molecule has 0 radical (unpaired) electrons. The fourth-order valence-corrected chi connectivity index (χ4v) is 1.02. The minimum absolute atomic E-state index is 0.604. The van der Waals surface area contributed by atoms with Gasteiger partial charge in [0.2, 0.25) is 0 Å². The summed E-state index contributed by atoms with van der Waals surface area (Å²) in [5.41, 5.74) is 1.33. The van der Waals surface area contributed by atoms with Gasteiger partial charge in [0.1, 0.15) is 0 Å². The highest BCUT2D eigenvalue weighted by Gasteiger charge is 1.83. The second kappa shape index (κ2) is 4.97. The van der Waals surface area contributed by atoms with Crippen molar-refractivity contribution in [2.75, 3.05) is 5.88 Å². The first kappa shape index (κ1) is 8.35. The third-order valence-corrected chi connectivity index (χ3v) is 1.63. The lowest BCUT2D eigenvalue weighted by atomic mass is 10.1. The fourth-order valence-electron chi connectivity index (χ4n) is 0.897. The molecule has 11 heavy (non-hydrogen) atoms. The van der Waals surface area contributed by atoms with Gasteiger partial charge in [0.05, 0.1) is 0 Å². The molecule has 0 atom stereocenters. The van der Waals surface area contributed by atoms with Crippen LogP contribution in [-0.2, 0) is 6.42 Å². The average molecular weight is 167 g/mol. The summed E-state index contributed by atoms with van der Waals surface area (Å²) < 4.78 is 0. The van der Waals surface area contributed by atoms with Gasteiger partial charge in [0.15, 0.2) is 0 Å². The number of halogens is 1. The van der Waals surface area contributed by atoms with Crippen molar-refractivity contribution in [3.05, 3.63) is 48.0 Å². The predicted molar refractivity (Wildman–Crippen MR) is 50.0 cm³/mol. The zero-order chi connectivity index (χ0) is 7.94. The Bertz CT molecular complexity index is 214. The van der Waals surface area contributed by atoms with Crippen molar-refractivity contribution in [3.63, 3.8) is 0 Å². The maximum absolute atomic E-state index is 5.48. The Morgan fingerprint density at radius 2 is 1.82 bits per heavy atom. The third kappa shape index (κ3) is 3.24. The molecule has 1 aromatic rings. The van der Waals surface area contributed by atoms with Gasteiger partial charge in [-0.15, -0.1) is 11.6 Å². The number of hydrogen-bond donors (Lipinski definition) is 0. The minimum atomic E-state index is 0.604. The van der Waals surface area contributed by atoms with Crippen molar-refractivity contribution in [2.24, 2.45) is 0 Å². The minimum Gasteiger partial charge on any atom is -0.122 e. The van der Waals surface area contributed by atoms with Crippen LogP contribution >= 0.6 is 11.6 Å². The Kier molecular flexibility index (Phi) is 3.77. The first-order chi connectivity index (χ1) is 5.43. The van der Waals surface area contributed by atoms with Gasteiger partial charge >= 0.3 is 0 Å². The van der Waals surface area contributed by atoms with Crippen LogP contribution in [-0.4, -0.2) is 5.88 Å². The average Bonchev–Trinajstić information content (AvgIpc) is 2.07. The van der Waals surface area contributed by atoms with Crippen LogP contribution in [0.25, 0.3) is 0 Å². The van der Waals surface area contributed by atoms with Gasteiger partial charge in [0, 0.05) is 5.88 Å². The van der Waals surface area contributed by atoms with E-state index >= 15 is 0 Å². The summed E-state index contributed by atoms with van der Waals surface area (Å²) in [4.78, 5) is 0. The van der Waals surface area contributed by atoms with E-state index in [0.717, 1.165) is 6.42 Å². The summed E-state index contributed by atoms with van der Waals surface area (Å²) >= 11 is 5.48. The summed E-state index contributed by atoms with van der Waals surface area (Å²) in [6.45, 7) is 0. The van der Waals surface area contributed by atoms with Crippen LogP contribution in [0.1, 0.15) is 5.56 Å². The number of alkyl halides is 1. The molecule has 0 bridgehead atoms. The molecule has 1 rings (SSSR count). The molecular formula is C10H11Cl. The molecule has 0 aromatic heterocycles. The number of hydrogen-bond acceptors (Lipinski definition) is 0. The van der Waals surface area contributed by atoms with Crippen LogP contribution in [0.3, 0.4) is 0 Å². The van der Waals surface area contributed by atoms with E-state index in [9.17, 15) is 0 Å². The van der Waals surface area contributed by atoms with Crippen LogP contribution in [0, 0.1) is 0 Å². The van der Waals surface area contributed by atoms with Crippen LogP contribution in [0.15, 0.2) is 42.5 Å². The van der Waals surface area contributed by atoms with Gasteiger partial charge in [-0.3, -0.25) is 0 Å². The Morgan fingerprint density at radius 1 is 1.09 bits per heavy atom. The van der Waals surface area contributed by atoms with Crippen molar-refractivity contribution >= 4 is 11.6 Å². The Balaban J connectivity index is 2.45. The van der Waals surface area contributed by atoms with E-state index in [-0.39, 0.29) is 0 Å². The molecule has 0 saturated heterocycles. The van der Waals surface area contributed by atoms with Crippen molar-refractivity contribution < 1.29 is 0 Å². The van der Waals surface area contributed by atoms with Gasteiger partial charge in [-0.05, 0) is 12.0 Å². The van der Waals surface area contributed by atoms with Gasteiger partial charge in [0.25, 0.3) is 0 Å². The van der Waals surface area contributed by atoms with E-state index in [4.69, 9.17) is 11.6 Å². The fraction of sp³-hybridized carbons (Fsp3) is 0.200. The predicted octanol–water partition coefficient (Wildman–Crippen LogP) is 3.02. The molecule has 0 amide bonds. The molecule has 0 heterocycles. The standard InChI is InChI=1S/C10H11Cl/c11-9-5-4-8-10-6-2-1-3-7-10/h1-7H,8-9H2. The molecule has 58 valence electrons. The molecule has 1 aromatic carbocycles. The monoisotopic (exact) mass is 166 g/mol. The molecule has 0 saturated carbocycles. The number of allylic oxidation sites excluding steroid dienone is 2. The van der Waals surface area contributed by atoms with Crippen molar-refractivity contribution in [1.29, 1.82) is 0 Å². The van der Waals surface area contributed by atoms with E-state index in [0.29, 0.717) is 5.88 Å². The molecule has 1 heteroatoms. The normalized spacial score (nSPS) is 10.6. The molecule has 0 aliphatic heterocycles. The summed E-state index contributed by atoms with van der Waals surface area (Å²) in [7, 11) is 0. The zero-order valence-corrected chi connectivity index (χ0v) is 7.09. The van der Waals surface area contributed by atoms with Crippen molar-refractivity contribution in [3.8, 4) is 0 Å². The third-order valence-electron chi connectivity index (χ3n) is 1.45. The van der Waals surface area contributed by atoms with Gasteiger partial charge in [-0.25, -0.2) is 0 Å². The highest BCUT2D eigenvalue weighted by molar-refractivity contribution is 6.18. The number of benzene rings is 1. The van der Waals surface area contributed by atoms with Crippen LogP contribution in [0.2, 0.25) is 0 Å². The molecule has 0 aliphatic rings. The Labute approximate surface area is 72.5 Å². The smallest absolute Gasteiger partial charge is 0.0404 e. The lowest BCUT2D eigenvalue weighted by Gasteiger charge is -1.92. The lowest BCUT2D eigenvalue weighted by molar-refractivity contribution is 1.26. The Morgan fingerprint density at radius 3 is 2.45 bits per heavy atom. The lowest BCUT2D eigenvalue weighted by Crippen LogP contribution is -1.78. The molecule has 0 nitrogen and oxygen atoms in total. The largest absolute Gasteiger partial charge is 0.122 e. The second-order valence-electron chi connectivity index (χ2n) is 2.32. The molecule has 0 N–H and O–H groups in total. The molecular weight excluding hydrogens is 156 g/mol. The van der Waals surface area contributed by atoms with Gasteiger partial charge < -0.3 is 0 Å². The first-order valence-electron chi connectivity index (χ1n) is 3.68. The number of rotatable bonds is 3. The van der Waals surface area contributed by atoms with E-state index in [1.165, 1.54) is 5.56 Å². The molecule has 0 aliphatic carbocycles. The SMILES string of the molecule is ClCC=CCc1ccccc1. The topological polar surface area (TPSA) is 0 Å². The van der Waals surface area contributed by atoms with E-state index in [1.54, 1.807) is 0 Å². The van der Waals surface area contributed by atoms with Crippen molar-refractivity contribution in [2.45, 2.75) is 6.42 Å². The van der Waals surface area contributed by atoms with E-state index in [2.05, 4.69) is 18.2 Å². The summed E-state index contributed by atoms with van der Waals surface area (Å²) in [6.07, 6.45) is 5.03. The summed E-state index contributed by atoms with van der Waals surface area (Å²) in [5, 5.41) is 0. The van der Waals surface area contributed by atoms with Crippen molar-refractivity contribution in [1.82, 2.24) is 0 Å². The molecule has 0 fully saturated rings. The maximum Gasteiger partial charge on any atom is 0.0404 e. The Hall–Kier alpha value is -0.750. The quantitative estimate of drug-likeness (QED) is 0.479. The second-order valence-corrected chi connectivity index (χ2v) is 2.62. The highest BCUT2D eigenvalue weighted by atomic mass is 35.5. The van der Waals surface area contributed by atoms with Crippen LogP contribution < -0.4 is 0 Å². The summed E-state index contributed by atoms with van der Waals surface area (Å²) in [6, 6.07) is 10.3. The van der Waals surface area contributed by atoms with E-state index in [1.807, 2.05) is 24.3 Å². The zero-order valence-electron chi connectivity index (χ0n) is 6.33.